The number of halogens is 1. The van der Waals surface area contributed by atoms with Crippen molar-refractivity contribution in [3.8, 4) is 0 Å². The Morgan fingerprint density at radius 1 is 1.44 bits per heavy atom. The second-order valence-electron chi connectivity index (χ2n) is 4.15. The van der Waals surface area contributed by atoms with E-state index in [1.807, 2.05) is 19.1 Å². The van der Waals surface area contributed by atoms with E-state index >= 15 is 0 Å². The van der Waals surface area contributed by atoms with Gasteiger partial charge in [0.05, 0.1) is 6.10 Å². The summed E-state index contributed by atoms with van der Waals surface area (Å²) in [5, 5.41) is 19.9. The Bertz CT molecular complexity index is 423. The first-order valence-electron chi connectivity index (χ1n) is 5.67. The number of hydrogen-bond acceptors (Lipinski definition) is 4. The lowest BCUT2D eigenvalue weighted by molar-refractivity contribution is -0.109. The Balaban J connectivity index is 2.59. The summed E-state index contributed by atoms with van der Waals surface area (Å²) in [4.78, 5) is 10.8. The van der Waals surface area contributed by atoms with Gasteiger partial charge in [0.1, 0.15) is 6.10 Å². The monoisotopic (exact) mass is 332 g/mol. The summed E-state index contributed by atoms with van der Waals surface area (Å²) in [7, 11) is 0. The van der Waals surface area contributed by atoms with Crippen molar-refractivity contribution in [2.75, 3.05) is 5.75 Å². The fourth-order valence-electron chi connectivity index (χ4n) is 1.56. The maximum atomic E-state index is 10.8. The quantitative estimate of drug-likeness (QED) is 0.870. The number of aliphatic hydroxyl groups is 2. The van der Waals surface area contributed by atoms with E-state index in [-0.39, 0.29) is 5.12 Å². The molecule has 1 aromatic rings. The molecule has 0 saturated carbocycles. The molecule has 5 heteroatoms. The molecular formula is C13H17BrO3S. The molecule has 0 aromatic heterocycles. The van der Waals surface area contributed by atoms with Gasteiger partial charge in [-0.05, 0) is 30.5 Å². The molecule has 0 spiro atoms. The van der Waals surface area contributed by atoms with Crippen molar-refractivity contribution in [2.45, 2.75) is 32.5 Å². The molecule has 1 aromatic carbocycles. The lowest BCUT2D eigenvalue weighted by Gasteiger charge is -2.18. The minimum Gasteiger partial charge on any atom is -0.390 e. The molecule has 0 saturated heterocycles. The highest BCUT2D eigenvalue weighted by atomic mass is 79.9. The van der Waals surface area contributed by atoms with Crippen LogP contribution in [0.2, 0.25) is 0 Å². The lowest BCUT2D eigenvalue weighted by atomic mass is 10.0. The molecule has 0 aliphatic rings. The van der Waals surface area contributed by atoms with Crippen LogP contribution in [0, 0.1) is 6.92 Å². The summed E-state index contributed by atoms with van der Waals surface area (Å²) in [6.45, 7) is 3.42. The zero-order valence-electron chi connectivity index (χ0n) is 10.4. The second-order valence-corrected chi connectivity index (χ2v) is 6.28. The Hall–Kier alpha value is -0.360. The third-order valence-electron chi connectivity index (χ3n) is 2.61. The minimum atomic E-state index is -0.913. The highest BCUT2D eigenvalue weighted by Gasteiger charge is 2.18. The van der Waals surface area contributed by atoms with E-state index < -0.39 is 12.2 Å². The van der Waals surface area contributed by atoms with Crippen LogP contribution in [0.5, 0.6) is 0 Å². The lowest BCUT2D eigenvalue weighted by Crippen LogP contribution is -2.19. The third-order valence-corrected chi connectivity index (χ3v) is 4.34. The fraction of sp³-hybridized carbons (Fsp3) is 0.462. The van der Waals surface area contributed by atoms with Crippen molar-refractivity contribution in [2.24, 2.45) is 0 Å². The van der Waals surface area contributed by atoms with Crippen LogP contribution in [-0.2, 0) is 4.79 Å². The smallest absolute Gasteiger partial charge is 0.185 e. The topological polar surface area (TPSA) is 57.5 Å². The van der Waals surface area contributed by atoms with Gasteiger partial charge in [0.25, 0.3) is 0 Å². The zero-order valence-corrected chi connectivity index (χ0v) is 12.8. The average Bonchev–Trinajstić information content (AvgIpc) is 2.31. The van der Waals surface area contributed by atoms with Crippen LogP contribution in [0.15, 0.2) is 22.7 Å². The molecule has 0 radical (unpaired) electrons. The van der Waals surface area contributed by atoms with E-state index in [1.54, 1.807) is 6.07 Å². The molecule has 0 bridgehead atoms. The largest absolute Gasteiger partial charge is 0.390 e. The minimum absolute atomic E-state index is 0.0242. The van der Waals surface area contributed by atoms with Crippen LogP contribution in [0.25, 0.3) is 0 Å². The van der Waals surface area contributed by atoms with Crippen LogP contribution >= 0.6 is 27.7 Å². The number of aryl methyl sites for hydroxylation is 1. The van der Waals surface area contributed by atoms with Gasteiger partial charge in [-0.1, -0.05) is 39.8 Å². The van der Waals surface area contributed by atoms with E-state index in [9.17, 15) is 15.0 Å². The first kappa shape index (κ1) is 15.7. The van der Waals surface area contributed by atoms with Crippen molar-refractivity contribution in [1.82, 2.24) is 0 Å². The highest BCUT2D eigenvalue weighted by molar-refractivity contribution is 9.10. The second kappa shape index (κ2) is 7.28. The van der Waals surface area contributed by atoms with Gasteiger partial charge in [0.2, 0.25) is 0 Å². The molecule has 0 fully saturated rings. The molecule has 1 rings (SSSR count). The van der Waals surface area contributed by atoms with Crippen LogP contribution in [-0.4, -0.2) is 27.2 Å². The van der Waals surface area contributed by atoms with Crippen molar-refractivity contribution in [1.29, 1.82) is 0 Å². The van der Waals surface area contributed by atoms with Gasteiger partial charge in [0, 0.05) is 17.1 Å². The van der Waals surface area contributed by atoms with Crippen LogP contribution in [0.3, 0.4) is 0 Å². The van der Waals surface area contributed by atoms with Crippen molar-refractivity contribution in [3.05, 3.63) is 33.8 Å². The summed E-state index contributed by atoms with van der Waals surface area (Å²) in [6.07, 6.45) is -1.37. The summed E-state index contributed by atoms with van der Waals surface area (Å²) in [6, 6.07) is 5.48. The van der Waals surface area contributed by atoms with Crippen LogP contribution < -0.4 is 0 Å². The predicted octanol–water partition coefficient (Wildman–Crippen LogP) is 2.82. The summed E-state index contributed by atoms with van der Waals surface area (Å²) < 4.78 is 0.972. The molecule has 3 nitrogen and oxygen atoms in total. The number of carbonyl (C=O) groups is 1. The summed E-state index contributed by atoms with van der Waals surface area (Å²) in [5.41, 5.74) is 1.70. The molecule has 0 amide bonds. The van der Waals surface area contributed by atoms with Gasteiger partial charge in [-0.25, -0.2) is 0 Å². The van der Waals surface area contributed by atoms with Gasteiger partial charge < -0.3 is 10.2 Å². The number of carbonyl (C=O) groups excluding carboxylic acids is 1. The number of rotatable bonds is 5. The first-order chi connectivity index (χ1) is 8.41. The van der Waals surface area contributed by atoms with Crippen molar-refractivity contribution >= 4 is 32.8 Å². The Labute approximate surface area is 120 Å². The van der Waals surface area contributed by atoms with E-state index in [4.69, 9.17) is 0 Å². The normalized spacial score (nSPS) is 14.3. The fourth-order valence-corrected chi connectivity index (χ4v) is 2.45. The molecular weight excluding hydrogens is 316 g/mol. The number of aliphatic hydroxyl groups excluding tert-OH is 2. The predicted molar refractivity (Wildman–Crippen MR) is 77.6 cm³/mol. The number of hydrogen-bond donors (Lipinski definition) is 2. The Kier molecular flexibility index (Phi) is 6.35. The van der Waals surface area contributed by atoms with E-state index in [2.05, 4.69) is 15.9 Å². The number of thioether (sulfide) groups is 1. The van der Waals surface area contributed by atoms with Gasteiger partial charge >= 0.3 is 0 Å². The SMILES string of the molecule is CC(=O)SCCC(O)C(O)c1ccc(Br)c(C)c1. The molecule has 2 atom stereocenters. The Morgan fingerprint density at radius 2 is 2.11 bits per heavy atom. The highest BCUT2D eigenvalue weighted by Crippen LogP contribution is 2.24. The third kappa shape index (κ3) is 4.72. The van der Waals surface area contributed by atoms with Crippen LogP contribution in [0.1, 0.15) is 30.6 Å². The van der Waals surface area contributed by atoms with E-state index in [0.717, 1.165) is 21.8 Å². The van der Waals surface area contributed by atoms with Crippen molar-refractivity contribution < 1.29 is 15.0 Å². The molecule has 0 aliphatic carbocycles. The standard InChI is InChI=1S/C13H17BrO3S/c1-8-7-10(3-4-11(8)14)13(17)12(16)5-6-18-9(2)15/h3-4,7,12-13,16-17H,5-6H2,1-2H3. The maximum absolute atomic E-state index is 10.8. The Morgan fingerprint density at radius 3 is 2.67 bits per heavy atom. The molecule has 18 heavy (non-hydrogen) atoms. The average molecular weight is 333 g/mol. The maximum Gasteiger partial charge on any atom is 0.185 e. The molecule has 0 heterocycles. The van der Waals surface area contributed by atoms with Crippen molar-refractivity contribution in [3.63, 3.8) is 0 Å². The van der Waals surface area contributed by atoms with Gasteiger partial charge in [0.15, 0.2) is 5.12 Å². The summed E-state index contributed by atoms with van der Waals surface area (Å²) in [5.74, 6) is 0.517. The first-order valence-corrected chi connectivity index (χ1v) is 7.45. The van der Waals surface area contributed by atoms with Gasteiger partial charge in [-0.3, -0.25) is 4.79 Å². The number of benzene rings is 1. The zero-order chi connectivity index (χ0) is 13.7. The molecule has 100 valence electrons. The molecule has 0 aliphatic heterocycles. The van der Waals surface area contributed by atoms with E-state index in [0.29, 0.717) is 17.7 Å². The van der Waals surface area contributed by atoms with E-state index in [1.165, 1.54) is 6.92 Å². The van der Waals surface area contributed by atoms with Gasteiger partial charge in [-0.15, -0.1) is 0 Å². The van der Waals surface area contributed by atoms with Gasteiger partial charge in [-0.2, -0.15) is 0 Å². The molecule has 2 unspecified atom stereocenters. The summed E-state index contributed by atoms with van der Waals surface area (Å²) >= 11 is 4.55. The molecule has 2 N–H and O–H groups in total. The van der Waals surface area contributed by atoms with Crippen LogP contribution in [0.4, 0.5) is 0 Å².